The number of hydrogen-bond acceptors (Lipinski definition) is 4. The summed E-state index contributed by atoms with van der Waals surface area (Å²) in [5.41, 5.74) is 1.65. The second-order valence-electron chi connectivity index (χ2n) is 8.85. The molecule has 0 aromatic carbocycles. The molecule has 0 aliphatic heterocycles. The molecule has 7 nitrogen and oxygen atoms in total. The number of anilines is 1. The molecule has 164 valence electrons. The fourth-order valence-electron chi connectivity index (χ4n) is 5.69. The Morgan fingerprint density at radius 2 is 1.94 bits per heavy atom. The molecule has 3 fully saturated rings. The predicted octanol–water partition coefficient (Wildman–Crippen LogP) is 4.46. The third-order valence-corrected chi connectivity index (χ3v) is 7.15. The van der Waals surface area contributed by atoms with E-state index in [1.54, 1.807) is 16.8 Å². The molecule has 3 aliphatic rings. The lowest BCUT2D eigenvalue weighted by atomic mass is 9.61. The molecule has 3 N–H and O–H groups in total. The van der Waals surface area contributed by atoms with Gasteiger partial charge in [-0.3, -0.25) is 9.20 Å². The van der Waals surface area contributed by atoms with Crippen molar-refractivity contribution in [2.45, 2.75) is 31.7 Å². The SMILES string of the molecule is O=C(O)[C@H]1C2CCC(CC2)[C@@H]1Nc1nc(-c2c[nH]c3ncc(F)cc23)n2ccc(F)cc12. The molecule has 32 heavy (non-hydrogen) atoms. The molecule has 3 saturated carbocycles. The summed E-state index contributed by atoms with van der Waals surface area (Å²) >= 11 is 0. The molecule has 3 aliphatic carbocycles. The minimum Gasteiger partial charge on any atom is -0.481 e. The first-order chi connectivity index (χ1) is 15.5. The Kier molecular flexibility index (Phi) is 4.21. The van der Waals surface area contributed by atoms with Gasteiger partial charge in [0.15, 0.2) is 5.82 Å². The third-order valence-electron chi connectivity index (χ3n) is 7.15. The lowest BCUT2D eigenvalue weighted by Gasteiger charge is -2.47. The largest absolute Gasteiger partial charge is 0.481 e. The normalized spacial score (nSPS) is 24.9. The monoisotopic (exact) mass is 437 g/mol. The van der Waals surface area contributed by atoms with Crippen LogP contribution >= 0.6 is 0 Å². The summed E-state index contributed by atoms with van der Waals surface area (Å²) in [5.74, 6) is -0.877. The lowest BCUT2D eigenvalue weighted by Crippen LogP contribution is -2.51. The first-order valence-corrected chi connectivity index (χ1v) is 10.8. The summed E-state index contributed by atoms with van der Waals surface area (Å²) in [6, 6.07) is 3.82. The highest BCUT2D eigenvalue weighted by Crippen LogP contribution is 2.46. The number of rotatable bonds is 4. The number of aliphatic carboxylic acids is 1. The van der Waals surface area contributed by atoms with Crippen LogP contribution in [0, 0.1) is 29.4 Å². The third kappa shape index (κ3) is 2.87. The number of H-pyrrole nitrogens is 1. The van der Waals surface area contributed by atoms with E-state index in [2.05, 4.69) is 15.3 Å². The first kappa shape index (κ1) is 19.2. The number of pyridine rings is 2. The van der Waals surface area contributed by atoms with E-state index in [-0.39, 0.29) is 17.9 Å². The van der Waals surface area contributed by atoms with Crippen LogP contribution in [0.25, 0.3) is 27.9 Å². The van der Waals surface area contributed by atoms with E-state index in [1.807, 2.05) is 0 Å². The molecular weight excluding hydrogens is 416 g/mol. The smallest absolute Gasteiger partial charge is 0.308 e. The van der Waals surface area contributed by atoms with Gasteiger partial charge in [0.25, 0.3) is 0 Å². The van der Waals surface area contributed by atoms with Crippen molar-refractivity contribution in [3.63, 3.8) is 0 Å². The summed E-state index contributed by atoms with van der Waals surface area (Å²) in [6.07, 6.45) is 8.22. The second-order valence-corrected chi connectivity index (χ2v) is 8.85. The Balaban J connectivity index is 1.49. The van der Waals surface area contributed by atoms with E-state index < -0.39 is 23.5 Å². The zero-order valence-electron chi connectivity index (χ0n) is 17.1. The van der Waals surface area contributed by atoms with Crippen LogP contribution in [0.3, 0.4) is 0 Å². The number of carbonyl (C=O) groups is 1. The van der Waals surface area contributed by atoms with E-state index >= 15 is 0 Å². The molecule has 2 bridgehead atoms. The van der Waals surface area contributed by atoms with E-state index in [4.69, 9.17) is 4.98 Å². The molecule has 9 heteroatoms. The molecule has 4 aromatic rings. The summed E-state index contributed by atoms with van der Waals surface area (Å²) in [6.45, 7) is 0. The lowest BCUT2D eigenvalue weighted by molar-refractivity contribution is -0.148. The van der Waals surface area contributed by atoms with Crippen molar-refractivity contribution < 1.29 is 18.7 Å². The van der Waals surface area contributed by atoms with Gasteiger partial charge in [-0.15, -0.1) is 0 Å². The highest BCUT2D eigenvalue weighted by molar-refractivity contribution is 5.93. The van der Waals surface area contributed by atoms with Crippen LogP contribution in [0.2, 0.25) is 0 Å². The molecule has 0 radical (unpaired) electrons. The van der Waals surface area contributed by atoms with Gasteiger partial charge in [-0.25, -0.2) is 18.7 Å². The van der Waals surface area contributed by atoms with Crippen LogP contribution in [0.1, 0.15) is 25.7 Å². The van der Waals surface area contributed by atoms with Gasteiger partial charge in [0.05, 0.1) is 17.6 Å². The average molecular weight is 437 g/mol. The molecule has 0 spiro atoms. The molecular formula is C23H21F2N5O2. The predicted molar refractivity (Wildman–Crippen MR) is 114 cm³/mol. The quantitative estimate of drug-likeness (QED) is 0.438. The Hall–Kier alpha value is -3.49. The van der Waals surface area contributed by atoms with Gasteiger partial charge in [-0.1, -0.05) is 0 Å². The fourth-order valence-corrected chi connectivity index (χ4v) is 5.69. The molecule has 0 unspecified atom stereocenters. The van der Waals surface area contributed by atoms with Gasteiger partial charge >= 0.3 is 5.97 Å². The van der Waals surface area contributed by atoms with Crippen molar-refractivity contribution in [2.75, 3.05) is 5.32 Å². The maximum atomic E-state index is 14.2. The van der Waals surface area contributed by atoms with Crippen molar-refractivity contribution in [2.24, 2.45) is 17.8 Å². The highest BCUT2D eigenvalue weighted by Gasteiger charge is 2.47. The summed E-state index contributed by atoms with van der Waals surface area (Å²) in [4.78, 5) is 23.9. The number of nitrogens with one attached hydrogen (secondary N) is 2. The number of aromatic nitrogens is 4. The number of halogens is 2. The number of carboxylic acids is 1. The highest BCUT2D eigenvalue weighted by atomic mass is 19.1. The minimum absolute atomic E-state index is 0.141. The minimum atomic E-state index is -0.801. The van der Waals surface area contributed by atoms with Crippen molar-refractivity contribution >= 4 is 28.3 Å². The summed E-state index contributed by atoms with van der Waals surface area (Å²) in [7, 11) is 0. The number of hydrogen-bond donors (Lipinski definition) is 3. The maximum Gasteiger partial charge on any atom is 0.308 e. The Morgan fingerprint density at radius 1 is 1.16 bits per heavy atom. The topological polar surface area (TPSA) is 95.3 Å². The van der Waals surface area contributed by atoms with Crippen LogP contribution in [-0.2, 0) is 4.79 Å². The van der Waals surface area contributed by atoms with Crippen molar-refractivity contribution in [3.8, 4) is 11.4 Å². The van der Waals surface area contributed by atoms with Gasteiger partial charge < -0.3 is 15.4 Å². The summed E-state index contributed by atoms with van der Waals surface area (Å²) < 4.78 is 29.8. The van der Waals surface area contributed by atoms with Crippen LogP contribution in [-0.4, -0.2) is 36.5 Å². The number of aromatic amines is 1. The van der Waals surface area contributed by atoms with Gasteiger partial charge in [0, 0.05) is 35.5 Å². The van der Waals surface area contributed by atoms with Crippen molar-refractivity contribution in [1.29, 1.82) is 0 Å². The van der Waals surface area contributed by atoms with E-state index in [0.29, 0.717) is 33.8 Å². The zero-order chi connectivity index (χ0) is 22.0. The molecule has 2 atom stereocenters. The molecule has 4 aromatic heterocycles. The van der Waals surface area contributed by atoms with Crippen LogP contribution < -0.4 is 5.32 Å². The zero-order valence-corrected chi connectivity index (χ0v) is 17.1. The molecule has 4 heterocycles. The van der Waals surface area contributed by atoms with Crippen LogP contribution in [0.4, 0.5) is 14.6 Å². The Morgan fingerprint density at radius 3 is 2.72 bits per heavy atom. The van der Waals surface area contributed by atoms with Gasteiger partial charge in [-0.05, 0) is 49.7 Å². The number of imidazole rings is 1. The molecule has 7 rings (SSSR count). The van der Waals surface area contributed by atoms with Crippen molar-refractivity contribution in [3.05, 3.63) is 48.4 Å². The van der Waals surface area contributed by atoms with Gasteiger partial charge in [0.2, 0.25) is 0 Å². The first-order valence-electron chi connectivity index (χ1n) is 10.8. The standard InChI is InChI=1S/C23H21F2N5O2/c24-13-5-6-30-17(8-13)21(28-19-12-3-1-11(2-4-12)18(19)23(31)32)29-22(30)16-10-27-20-15(16)7-14(25)9-26-20/h5-12,18-19,28H,1-4H2,(H,26,27)(H,31,32)/t11?,12?,18-,19-/m0/s1. The van der Waals surface area contributed by atoms with Gasteiger partial charge in [-0.2, -0.15) is 0 Å². The van der Waals surface area contributed by atoms with Gasteiger partial charge in [0.1, 0.15) is 23.1 Å². The fraction of sp³-hybridized carbons (Fsp3) is 0.348. The van der Waals surface area contributed by atoms with E-state index in [9.17, 15) is 18.7 Å². The van der Waals surface area contributed by atoms with Crippen LogP contribution in [0.15, 0.2) is 36.8 Å². The maximum absolute atomic E-state index is 14.2. The Bertz CT molecular complexity index is 1360. The molecule has 0 saturated heterocycles. The van der Waals surface area contributed by atoms with E-state index in [0.717, 1.165) is 31.9 Å². The summed E-state index contributed by atoms with van der Waals surface area (Å²) in [5, 5.41) is 13.8. The number of fused-ring (bicyclic) bond motifs is 5. The number of carboxylic acid groups (broad SMARTS) is 1. The Labute approximate surface area is 181 Å². The van der Waals surface area contributed by atoms with Crippen LogP contribution in [0.5, 0.6) is 0 Å². The van der Waals surface area contributed by atoms with E-state index in [1.165, 1.54) is 18.2 Å². The second kappa shape index (κ2) is 7.01. The average Bonchev–Trinajstić information content (AvgIpc) is 3.35. The molecule has 0 amide bonds. The number of nitrogens with zero attached hydrogens (tertiary/aromatic N) is 3. The van der Waals surface area contributed by atoms with Crippen molar-refractivity contribution in [1.82, 2.24) is 19.4 Å².